The second-order valence-electron chi connectivity index (χ2n) is 5.93. The molecule has 0 radical (unpaired) electrons. The van der Waals surface area contributed by atoms with Gasteiger partial charge in [0.2, 0.25) is 5.88 Å². The van der Waals surface area contributed by atoms with Crippen molar-refractivity contribution in [2.45, 2.75) is 45.4 Å². The lowest BCUT2D eigenvalue weighted by molar-refractivity contribution is 0.419. The topological polar surface area (TPSA) is 52.0 Å². The lowest BCUT2D eigenvalue weighted by Crippen LogP contribution is -1.98. The number of hydrogen-bond acceptors (Lipinski definition) is 3. The van der Waals surface area contributed by atoms with Crippen molar-refractivity contribution in [1.29, 1.82) is 0 Å². The van der Waals surface area contributed by atoms with E-state index in [9.17, 15) is 0 Å². The van der Waals surface area contributed by atoms with Gasteiger partial charge in [-0.1, -0.05) is 60.7 Å². The van der Waals surface area contributed by atoms with Gasteiger partial charge in [-0.15, -0.1) is 0 Å². The van der Waals surface area contributed by atoms with Gasteiger partial charge in [-0.25, -0.2) is 0 Å². The lowest BCUT2D eigenvalue weighted by atomic mass is 9.96. The molecule has 0 spiro atoms. The number of nitrogen functional groups attached to an aromatic ring is 1. The van der Waals surface area contributed by atoms with Crippen molar-refractivity contribution >= 4 is 5.88 Å². The summed E-state index contributed by atoms with van der Waals surface area (Å²) in [5.41, 5.74) is 10.3. The van der Waals surface area contributed by atoms with Gasteiger partial charge in [0.15, 0.2) is 0 Å². The molecule has 1 saturated carbocycles. The number of rotatable bonds is 4. The van der Waals surface area contributed by atoms with Crippen LogP contribution in [0.2, 0.25) is 0 Å². The number of nitrogens with zero attached hydrogens (tertiary/aromatic N) is 1. The van der Waals surface area contributed by atoms with E-state index in [1.807, 2.05) is 0 Å². The quantitative estimate of drug-likeness (QED) is 0.898. The molecule has 0 unspecified atom stereocenters. The molecule has 0 bridgehead atoms. The Morgan fingerprint density at radius 1 is 1.30 bits per heavy atom. The fraction of sp³-hybridized carbons (Fsp3) is 0.471. The van der Waals surface area contributed by atoms with E-state index in [4.69, 9.17) is 10.3 Å². The Morgan fingerprint density at radius 3 is 2.85 bits per heavy atom. The second-order valence-corrected chi connectivity index (χ2v) is 5.93. The fourth-order valence-electron chi connectivity index (χ4n) is 3.26. The van der Waals surface area contributed by atoms with Crippen molar-refractivity contribution in [1.82, 2.24) is 5.16 Å². The molecule has 1 aromatic heterocycles. The summed E-state index contributed by atoms with van der Waals surface area (Å²) in [7, 11) is 0. The number of aryl methyl sites for hydroxylation is 2. The van der Waals surface area contributed by atoms with Gasteiger partial charge in [-0.05, 0) is 31.2 Å². The van der Waals surface area contributed by atoms with Gasteiger partial charge in [0.1, 0.15) is 0 Å². The maximum atomic E-state index is 5.98. The molecule has 2 N–H and O–H groups in total. The molecule has 0 atom stereocenters. The highest BCUT2D eigenvalue weighted by molar-refractivity contribution is 5.75. The summed E-state index contributed by atoms with van der Waals surface area (Å²) >= 11 is 0. The summed E-state index contributed by atoms with van der Waals surface area (Å²) < 4.78 is 5.23. The number of benzene rings is 1. The Balaban J connectivity index is 1.81. The van der Waals surface area contributed by atoms with E-state index in [1.54, 1.807) is 0 Å². The van der Waals surface area contributed by atoms with Gasteiger partial charge >= 0.3 is 0 Å². The number of nitrogens with two attached hydrogens (primary N) is 1. The summed E-state index contributed by atoms with van der Waals surface area (Å²) in [5, 5.41) is 4.18. The number of hydrogen-bond donors (Lipinski definition) is 1. The van der Waals surface area contributed by atoms with E-state index in [2.05, 4.69) is 36.3 Å². The molecule has 0 amide bonds. The van der Waals surface area contributed by atoms with Crippen LogP contribution in [0.3, 0.4) is 0 Å². The SMILES string of the molecule is Cc1cccc(-c2c(CCC3CCCC3)noc2N)c1. The molecule has 106 valence electrons. The molecule has 3 rings (SSSR count). The van der Waals surface area contributed by atoms with Crippen molar-refractivity contribution in [3.05, 3.63) is 35.5 Å². The Morgan fingerprint density at radius 2 is 2.10 bits per heavy atom. The average Bonchev–Trinajstić information content (AvgIpc) is 3.06. The molecule has 20 heavy (non-hydrogen) atoms. The molecule has 2 aromatic rings. The second kappa shape index (κ2) is 5.70. The zero-order valence-corrected chi connectivity index (χ0v) is 12.1. The van der Waals surface area contributed by atoms with Crippen LogP contribution < -0.4 is 5.73 Å². The predicted molar refractivity (Wildman–Crippen MR) is 81.4 cm³/mol. The van der Waals surface area contributed by atoms with Crippen LogP contribution in [-0.2, 0) is 6.42 Å². The third kappa shape index (κ3) is 2.72. The minimum absolute atomic E-state index is 0.442. The largest absolute Gasteiger partial charge is 0.367 e. The highest BCUT2D eigenvalue weighted by Gasteiger charge is 2.19. The van der Waals surface area contributed by atoms with E-state index < -0.39 is 0 Å². The summed E-state index contributed by atoms with van der Waals surface area (Å²) in [6.07, 6.45) is 7.67. The van der Waals surface area contributed by atoms with Crippen LogP contribution in [0.15, 0.2) is 28.8 Å². The van der Waals surface area contributed by atoms with E-state index >= 15 is 0 Å². The summed E-state index contributed by atoms with van der Waals surface area (Å²) in [6, 6.07) is 8.36. The molecule has 1 fully saturated rings. The molecule has 3 heteroatoms. The third-order valence-electron chi connectivity index (χ3n) is 4.36. The molecule has 1 aromatic carbocycles. The molecular formula is C17H22N2O. The van der Waals surface area contributed by atoms with Crippen molar-refractivity contribution in [3.63, 3.8) is 0 Å². The third-order valence-corrected chi connectivity index (χ3v) is 4.36. The Bertz CT molecular complexity index is 582. The monoisotopic (exact) mass is 270 g/mol. The van der Waals surface area contributed by atoms with Crippen LogP contribution >= 0.6 is 0 Å². The van der Waals surface area contributed by atoms with E-state index in [-0.39, 0.29) is 0 Å². The maximum Gasteiger partial charge on any atom is 0.230 e. The van der Waals surface area contributed by atoms with Crippen LogP contribution in [0.25, 0.3) is 11.1 Å². The maximum absolute atomic E-state index is 5.98. The predicted octanol–water partition coefficient (Wildman–Crippen LogP) is 4.36. The van der Waals surface area contributed by atoms with E-state index in [0.717, 1.165) is 29.2 Å². The van der Waals surface area contributed by atoms with Gasteiger partial charge < -0.3 is 10.3 Å². The molecule has 3 nitrogen and oxygen atoms in total. The van der Waals surface area contributed by atoms with Crippen LogP contribution in [0.4, 0.5) is 5.88 Å². The van der Waals surface area contributed by atoms with Crippen molar-refractivity contribution in [2.75, 3.05) is 5.73 Å². The van der Waals surface area contributed by atoms with Gasteiger partial charge in [0, 0.05) is 0 Å². The standard InChI is InChI=1S/C17H22N2O/c1-12-5-4-8-14(11-12)16-15(19-20-17(16)18)10-9-13-6-2-3-7-13/h4-5,8,11,13H,2-3,6-7,9-10,18H2,1H3. The highest BCUT2D eigenvalue weighted by atomic mass is 16.5. The van der Waals surface area contributed by atoms with Gasteiger partial charge in [0.05, 0.1) is 11.3 Å². The molecule has 0 aliphatic heterocycles. The summed E-state index contributed by atoms with van der Waals surface area (Å²) in [4.78, 5) is 0. The van der Waals surface area contributed by atoms with Gasteiger partial charge in [0.25, 0.3) is 0 Å². The van der Waals surface area contributed by atoms with Crippen molar-refractivity contribution < 1.29 is 4.52 Å². The highest BCUT2D eigenvalue weighted by Crippen LogP contribution is 2.33. The van der Waals surface area contributed by atoms with Gasteiger partial charge in [-0.3, -0.25) is 0 Å². The van der Waals surface area contributed by atoms with Crippen LogP contribution in [0.1, 0.15) is 43.4 Å². The summed E-state index contributed by atoms with van der Waals surface area (Å²) in [6.45, 7) is 2.09. The molecule has 0 saturated heterocycles. The molecule has 1 aliphatic rings. The minimum atomic E-state index is 0.442. The average molecular weight is 270 g/mol. The number of anilines is 1. The normalized spacial score (nSPS) is 15.8. The lowest BCUT2D eigenvalue weighted by Gasteiger charge is -2.08. The zero-order valence-electron chi connectivity index (χ0n) is 12.1. The van der Waals surface area contributed by atoms with Gasteiger partial charge in [-0.2, -0.15) is 0 Å². The van der Waals surface area contributed by atoms with E-state index in [1.165, 1.54) is 37.7 Å². The van der Waals surface area contributed by atoms with Crippen LogP contribution in [-0.4, -0.2) is 5.16 Å². The molecule has 1 heterocycles. The minimum Gasteiger partial charge on any atom is -0.367 e. The molecular weight excluding hydrogens is 248 g/mol. The smallest absolute Gasteiger partial charge is 0.230 e. The summed E-state index contributed by atoms with van der Waals surface area (Å²) in [5.74, 6) is 1.30. The first-order valence-corrected chi connectivity index (χ1v) is 7.55. The Labute approximate surface area is 120 Å². The molecule has 1 aliphatic carbocycles. The van der Waals surface area contributed by atoms with Crippen LogP contribution in [0, 0.1) is 12.8 Å². The van der Waals surface area contributed by atoms with E-state index in [0.29, 0.717) is 5.88 Å². The first-order valence-electron chi connectivity index (χ1n) is 7.55. The fourth-order valence-corrected chi connectivity index (χ4v) is 3.26. The Hall–Kier alpha value is -1.77. The first kappa shape index (κ1) is 13.2. The first-order chi connectivity index (χ1) is 9.74. The Kier molecular flexibility index (Phi) is 3.77. The number of aromatic nitrogens is 1. The zero-order chi connectivity index (χ0) is 13.9. The van der Waals surface area contributed by atoms with Crippen LogP contribution in [0.5, 0.6) is 0 Å². The van der Waals surface area contributed by atoms with Crippen molar-refractivity contribution in [2.24, 2.45) is 5.92 Å². The van der Waals surface area contributed by atoms with Crippen molar-refractivity contribution in [3.8, 4) is 11.1 Å².